The van der Waals surface area contributed by atoms with Gasteiger partial charge in [0.1, 0.15) is 0 Å². The molecule has 1 fully saturated rings. The van der Waals surface area contributed by atoms with E-state index in [4.69, 9.17) is 9.15 Å². The first-order valence-electron chi connectivity index (χ1n) is 10.3. The van der Waals surface area contributed by atoms with Crippen LogP contribution < -0.4 is 10.6 Å². The van der Waals surface area contributed by atoms with Gasteiger partial charge in [0.2, 0.25) is 0 Å². The van der Waals surface area contributed by atoms with E-state index in [-0.39, 0.29) is 23.6 Å². The van der Waals surface area contributed by atoms with Crippen molar-refractivity contribution >= 4 is 17.5 Å². The van der Waals surface area contributed by atoms with E-state index >= 15 is 0 Å². The molecule has 1 aliphatic rings. The molecule has 0 unspecified atom stereocenters. The minimum atomic E-state index is -0.336. The molecule has 1 atom stereocenters. The lowest BCUT2D eigenvalue weighted by Gasteiger charge is -2.31. The van der Waals surface area contributed by atoms with Gasteiger partial charge in [-0.15, -0.1) is 0 Å². The van der Waals surface area contributed by atoms with Crippen LogP contribution in [0.2, 0.25) is 0 Å². The SMILES string of the molecule is O=C(N[C@H](CN1CCOCC1)c1ccccc1)c1ccc(NC(=O)c2ccco2)cc1. The molecule has 0 bridgehead atoms. The monoisotopic (exact) mass is 419 g/mol. The molecule has 2 N–H and O–H groups in total. The molecule has 2 amide bonds. The standard InChI is InChI=1S/C24H25N3O4/c28-23(19-8-10-20(11-9-19)25-24(29)22-7-4-14-31-22)26-21(18-5-2-1-3-6-18)17-27-12-15-30-16-13-27/h1-11,14,21H,12-13,15-17H2,(H,25,29)(H,26,28)/t21-/m1/s1. The number of anilines is 1. The molecule has 0 radical (unpaired) electrons. The first kappa shape index (κ1) is 20.8. The molecule has 0 spiro atoms. The van der Waals surface area contributed by atoms with Crippen molar-refractivity contribution in [3.05, 3.63) is 89.9 Å². The van der Waals surface area contributed by atoms with Gasteiger partial charge in [-0.3, -0.25) is 14.5 Å². The van der Waals surface area contributed by atoms with Crippen LogP contribution in [0.3, 0.4) is 0 Å². The summed E-state index contributed by atoms with van der Waals surface area (Å²) in [4.78, 5) is 27.3. The summed E-state index contributed by atoms with van der Waals surface area (Å²) >= 11 is 0. The molecular formula is C24H25N3O4. The molecule has 4 rings (SSSR count). The van der Waals surface area contributed by atoms with Gasteiger partial charge in [0.15, 0.2) is 5.76 Å². The van der Waals surface area contributed by atoms with E-state index in [2.05, 4.69) is 15.5 Å². The number of hydrogen-bond acceptors (Lipinski definition) is 5. The summed E-state index contributed by atoms with van der Waals surface area (Å²) in [5.41, 5.74) is 2.18. The number of carbonyl (C=O) groups is 2. The van der Waals surface area contributed by atoms with Gasteiger partial charge >= 0.3 is 0 Å². The van der Waals surface area contributed by atoms with E-state index in [1.54, 1.807) is 36.4 Å². The Morgan fingerprint density at radius 3 is 2.32 bits per heavy atom. The fraction of sp³-hybridized carbons (Fsp3) is 0.250. The van der Waals surface area contributed by atoms with Crippen LogP contribution in [0.5, 0.6) is 0 Å². The van der Waals surface area contributed by atoms with Crippen molar-refractivity contribution in [2.45, 2.75) is 6.04 Å². The smallest absolute Gasteiger partial charge is 0.291 e. The first-order chi connectivity index (χ1) is 15.2. The number of nitrogens with one attached hydrogen (secondary N) is 2. The molecule has 31 heavy (non-hydrogen) atoms. The molecular weight excluding hydrogens is 394 g/mol. The Hall–Kier alpha value is -3.42. The number of morpholine rings is 1. The van der Waals surface area contributed by atoms with Gasteiger partial charge < -0.3 is 19.8 Å². The molecule has 7 nitrogen and oxygen atoms in total. The number of benzene rings is 2. The number of amides is 2. The second-order valence-electron chi connectivity index (χ2n) is 7.36. The van der Waals surface area contributed by atoms with Crippen LogP contribution in [-0.4, -0.2) is 49.6 Å². The van der Waals surface area contributed by atoms with Crippen LogP contribution in [0.1, 0.15) is 32.5 Å². The second-order valence-corrected chi connectivity index (χ2v) is 7.36. The number of ether oxygens (including phenoxy) is 1. The largest absolute Gasteiger partial charge is 0.459 e. The molecule has 0 aliphatic carbocycles. The van der Waals surface area contributed by atoms with Crippen LogP contribution in [0.25, 0.3) is 0 Å². The van der Waals surface area contributed by atoms with E-state index in [1.807, 2.05) is 30.3 Å². The van der Waals surface area contributed by atoms with E-state index in [1.165, 1.54) is 6.26 Å². The number of hydrogen-bond donors (Lipinski definition) is 2. The van der Waals surface area contributed by atoms with Crippen LogP contribution in [0, 0.1) is 0 Å². The zero-order chi connectivity index (χ0) is 21.5. The molecule has 7 heteroatoms. The fourth-order valence-electron chi connectivity index (χ4n) is 3.51. The zero-order valence-corrected chi connectivity index (χ0v) is 17.1. The summed E-state index contributed by atoms with van der Waals surface area (Å²) in [6.45, 7) is 3.84. The van der Waals surface area contributed by atoms with Gasteiger partial charge in [-0.05, 0) is 42.0 Å². The van der Waals surface area contributed by atoms with Crippen molar-refractivity contribution in [2.75, 3.05) is 38.2 Å². The van der Waals surface area contributed by atoms with E-state index in [9.17, 15) is 9.59 Å². The summed E-state index contributed by atoms with van der Waals surface area (Å²) in [5.74, 6) is -0.265. The average Bonchev–Trinajstić information content (AvgIpc) is 3.36. The topological polar surface area (TPSA) is 83.8 Å². The fourth-order valence-corrected chi connectivity index (χ4v) is 3.51. The lowest BCUT2D eigenvalue weighted by Crippen LogP contribution is -2.43. The lowest BCUT2D eigenvalue weighted by molar-refractivity contribution is 0.0332. The Morgan fingerprint density at radius 1 is 0.903 bits per heavy atom. The highest BCUT2D eigenvalue weighted by atomic mass is 16.5. The van der Waals surface area contributed by atoms with E-state index < -0.39 is 0 Å². The third kappa shape index (κ3) is 5.59. The van der Waals surface area contributed by atoms with Gasteiger partial charge in [-0.2, -0.15) is 0 Å². The van der Waals surface area contributed by atoms with Gasteiger partial charge in [-0.1, -0.05) is 30.3 Å². The Bertz CT molecular complexity index is 981. The maximum absolute atomic E-state index is 12.9. The van der Waals surface area contributed by atoms with Gasteiger partial charge in [0, 0.05) is 30.9 Å². The van der Waals surface area contributed by atoms with Crippen molar-refractivity contribution in [3.8, 4) is 0 Å². The third-order valence-corrected chi connectivity index (χ3v) is 5.20. The predicted molar refractivity (Wildman–Crippen MR) is 117 cm³/mol. The highest BCUT2D eigenvalue weighted by molar-refractivity contribution is 6.02. The van der Waals surface area contributed by atoms with Crippen molar-refractivity contribution in [1.82, 2.24) is 10.2 Å². The first-order valence-corrected chi connectivity index (χ1v) is 10.3. The van der Waals surface area contributed by atoms with E-state index in [0.717, 1.165) is 25.2 Å². The number of rotatable bonds is 7. The summed E-state index contributed by atoms with van der Waals surface area (Å²) in [7, 11) is 0. The predicted octanol–water partition coefficient (Wildman–Crippen LogP) is 3.34. The zero-order valence-electron chi connectivity index (χ0n) is 17.1. The van der Waals surface area contributed by atoms with Crippen LogP contribution in [0.4, 0.5) is 5.69 Å². The van der Waals surface area contributed by atoms with Crippen LogP contribution in [0.15, 0.2) is 77.4 Å². The Morgan fingerprint density at radius 2 is 1.65 bits per heavy atom. The Kier molecular flexibility index (Phi) is 6.76. The maximum Gasteiger partial charge on any atom is 0.291 e. The number of carbonyl (C=O) groups excluding carboxylic acids is 2. The molecule has 0 saturated carbocycles. The highest BCUT2D eigenvalue weighted by Gasteiger charge is 2.21. The molecule has 1 aliphatic heterocycles. The molecule has 2 aromatic carbocycles. The number of nitrogens with zero attached hydrogens (tertiary/aromatic N) is 1. The molecule has 3 aromatic rings. The maximum atomic E-state index is 12.9. The third-order valence-electron chi connectivity index (χ3n) is 5.20. The Balaban J connectivity index is 1.42. The minimum Gasteiger partial charge on any atom is -0.459 e. The highest BCUT2D eigenvalue weighted by Crippen LogP contribution is 2.17. The van der Waals surface area contributed by atoms with Gasteiger partial charge in [0.05, 0.1) is 25.5 Å². The van der Waals surface area contributed by atoms with Gasteiger partial charge in [0.25, 0.3) is 11.8 Å². The molecule has 2 heterocycles. The summed E-state index contributed by atoms with van der Waals surface area (Å²) in [6.07, 6.45) is 1.45. The lowest BCUT2D eigenvalue weighted by atomic mass is 10.1. The van der Waals surface area contributed by atoms with Crippen LogP contribution in [-0.2, 0) is 4.74 Å². The summed E-state index contributed by atoms with van der Waals surface area (Å²) in [6, 6.07) is 19.9. The van der Waals surface area contributed by atoms with Crippen molar-refractivity contribution in [2.24, 2.45) is 0 Å². The molecule has 160 valence electrons. The summed E-state index contributed by atoms with van der Waals surface area (Å²) < 4.78 is 10.5. The second kappa shape index (κ2) is 10.1. The normalized spacial score (nSPS) is 15.2. The molecule has 1 saturated heterocycles. The quantitative estimate of drug-likeness (QED) is 0.614. The number of furan rings is 1. The van der Waals surface area contributed by atoms with Crippen LogP contribution >= 0.6 is 0 Å². The average molecular weight is 419 g/mol. The Labute approximate surface area is 181 Å². The minimum absolute atomic E-state index is 0.134. The molecule has 1 aromatic heterocycles. The van der Waals surface area contributed by atoms with Crippen molar-refractivity contribution < 1.29 is 18.7 Å². The van der Waals surface area contributed by atoms with Crippen molar-refractivity contribution in [1.29, 1.82) is 0 Å². The van der Waals surface area contributed by atoms with Crippen molar-refractivity contribution in [3.63, 3.8) is 0 Å². The van der Waals surface area contributed by atoms with E-state index in [0.29, 0.717) is 24.5 Å². The van der Waals surface area contributed by atoms with Gasteiger partial charge in [-0.25, -0.2) is 0 Å². The summed E-state index contributed by atoms with van der Waals surface area (Å²) in [5, 5.41) is 5.90.